The number of carbonyl (C=O) groups is 1. The number of ether oxygens (including phenoxy) is 2. The Bertz CT molecular complexity index is 410. The molecule has 0 atom stereocenters. The summed E-state index contributed by atoms with van der Waals surface area (Å²) in [5, 5.41) is 2.62. The Labute approximate surface area is 116 Å². The Balaban J connectivity index is 2.55. The zero-order chi connectivity index (χ0) is 13.5. The third kappa shape index (κ3) is 4.27. The first-order valence-electron chi connectivity index (χ1n) is 5.35. The van der Waals surface area contributed by atoms with E-state index in [2.05, 4.69) is 5.32 Å². The maximum Gasteiger partial charge on any atom is 0.253 e. The Morgan fingerprint density at radius 2 is 1.94 bits per heavy atom. The average Bonchev–Trinajstić information content (AvgIpc) is 2.38. The van der Waals surface area contributed by atoms with Gasteiger partial charge in [-0.25, -0.2) is 0 Å². The summed E-state index contributed by atoms with van der Waals surface area (Å²) in [5.74, 6) is 0.944. The highest BCUT2D eigenvalue weighted by Crippen LogP contribution is 2.27. The van der Waals surface area contributed by atoms with Gasteiger partial charge in [0.05, 0.1) is 14.2 Å². The summed E-state index contributed by atoms with van der Waals surface area (Å²) in [7, 11) is 3.16. The fourth-order valence-electron chi connectivity index (χ4n) is 1.44. The number of amides is 1. The first-order chi connectivity index (χ1) is 8.58. The molecule has 0 fully saturated rings. The molecule has 1 aromatic carbocycles. The van der Waals surface area contributed by atoms with Crippen molar-refractivity contribution in [2.24, 2.45) is 0 Å². The van der Waals surface area contributed by atoms with Gasteiger partial charge in [0.25, 0.3) is 5.91 Å². The lowest BCUT2D eigenvalue weighted by molar-refractivity contribution is -0.119. The van der Waals surface area contributed by atoms with E-state index in [4.69, 9.17) is 32.7 Å². The van der Waals surface area contributed by atoms with Gasteiger partial charge in [0, 0.05) is 6.54 Å². The molecule has 0 bridgehead atoms. The molecule has 6 heteroatoms. The van der Waals surface area contributed by atoms with Crippen molar-refractivity contribution in [1.82, 2.24) is 5.32 Å². The molecule has 0 spiro atoms. The Morgan fingerprint density at radius 1 is 1.28 bits per heavy atom. The summed E-state index contributed by atoms with van der Waals surface area (Å²) in [5.41, 5.74) is 1.02. The molecule has 0 aliphatic rings. The second-order valence-corrected chi connectivity index (χ2v) is 4.63. The molecule has 0 saturated heterocycles. The third-order valence-electron chi connectivity index (χ3n) is 2.36. The minimum atomic E-state index is -1.03. The molecule has 0 aliphatic heterocycles. The summed E-state index contributed by atoms with van der Waals surface area (Å²) < 4.78 is 10.3. The van der Waals surface area contributed by atoms with E-state index in [9.17, 15) is 4.79 Å². The van der Waals surface area contributed by atoms with E-state index in [1.165, 1.54) is 0 Å². The van der Waals surface area contributed by atoms with Crippen molar-refractivity contribution in [1.29, 1.82) is 0 Å². The topological polar surface area (TPSA) is 47.6 Å². The number of halogens is 2. The van der Waals surface area contributed by atoms with Gasteiger partial charge in [0.2, 0.25) is 0 Å². The van der Waals surface area contributed by atoms with Gasteiger partial charge in [-0.1, -0.05) is 29.3 Å². The van der Waals surface area contributed by atoms with Crippen LogP contribution in [0, 0.1) is 0 Å². The molecule has 0 unspecified atom stereocenters. The van der Waals surface area contributed by atoms with Gasteiger partial charge in [-0.2, -0.15) is 0 Å². The van der Waals surface area contributed by atoms with E-state index in [1.54, 1.807) is 14.2 Å². The predicted molar refractivity (Wildman–Crippen MR) is 71.8 cm³/mol. The zero-order valence-electron chi connectivity index (χ0n) is 10.2. The average molecular weight is 292 g/mol. The summed E-state index contributed by atoms with van der Waals surface area (Å²) in [4.78, 5) is 10.1. The maximum absolute atomic E-state index is 11.1. The Kier molecular flexibility index (Phi) is 6.09. The minimum absolute atomic E-state index is 0.390. The number of rotatable bonds is 6. The van der Waals surface area contributed by atoms with E-state index in [0.717, 1.165) is 5.56 Å². The molecule has 1 N–H and O–H groups in total. The number of carbonyl (C=O) groups excluding carboxylic acids is 1. The molecular weight excluding hydrogens is 277 g/mol. The van der Waals surface area contributed by atoms with Crippen molar-refractivity contribution in [3.05, 3.63) is 23.8 Å². The number of alkyl halides is 2. The molecule has 100 valence electrons. The molecule has 0 heterocycles. The Hall–Kier alpha value is -1.13. The van der Waals surface area contributed by atoms with Crippen LogP contribution < -0.4 is 14.8 Å². The fraction of sp³-hybridized carbons (Fsp3) is 0.417. The maximum atomic E-state index is 11.1. The molecule has 4 nitrogen and oxygen atoms in total. The minimum Gasteiger partial charge on any atom is -0.493 e. The van der Waals surface area contributed by atoms with Crippen LogP contribution >= 0.6 is 23.2 Å². The monoisotopic (exact) mass is 291 g/mol. The predicted octanol–water partition coefficient (Wildman–Crippen LogP) is 2.17. The quantitative estimate of drug-likeness (QED) is 0.817. The fourth-order valence-corrected chi connectivity index (χ4v) is 1.60. The second kappa shape index (κ2) is 7.34. The van der Waals surface area contributed by atoms with Crippen molar-refractivity contribution >= 4 is 29.1 Å². The lowest BCUT2D eigenvalue weighted by Gasteiger charge is -2.10. The smallest absolute Gasteiger partial charge is 0.253 e. The molecule has 1 amide bonds. The van der Waals surface area contributed by atoms with Gasteiger partial charge >= 0.3 is 0 Å². The van der Waals surface area contributed by atoms with Crippen LogP contribution in [0.4, 0.5) is 0 Å². The van der Waals surface area contributed by atoms with Gasteiger partial charge in [-0.15, -0.1) is 0 Å². The number of methoxy groups -OCH3 is 2. The number of benzene rings is 1. The van der Waals surface area contributed by atoms with Crippen molar-refractivity contribution in [3.8, 4) is 11.5 Å². The summed E-state index contributed by atoms with van der Waals surface area (Å²) in [6, 6.07) is 5.60. The first-order valence-corrected chi connectivity index (χ1v) is 6.22. The molecular formula is C12H15Cl2NO3. The van der Waals surface area contributed by atoms with Crippen molar-refractivity contribution in [2.45, 2.75) is 11.3 Å². The lowest BCUT2D eigenvalue weighted by atomic mass is 10.1. The summed E-state index contributed by atoms with van der Waals surface area (Å²) in [6.07, 6.45) is 0.659. The third-order valence-corrected chi connectivity index (χ3v) is 2.76. The molecule has 1 rings (SSSR count). The van der Waals surface area contributed by atoms with Crippen LogP contribution in [0.15, 0.2) is 18.2 Å². The highest BCUT2D eigenvalue weighted by atomic mass is 35.5. The molecule has 1 aromatic rings. The van der Waals surface area contributed by atoms with Crippen LogP contribution in [0.3, 0.4) is 0 Å². The standard InChI is InChI=1S/C12H15Cl2NO3/c1-17-9-4-3-8(7-10(9)18-2)5-6-15-12(16)11(13)14/h3-4,7,11H,5-6H2,1-2H3,(H,15,16). The van der Waals surface area contributed by atoms with E-state index in [0.29, 0.717) is 24.5 Å². The number of hydrogen-bond donors (Lipinski definition) is 1. The molecule has 0 aromatic heterocycles. The largest absolute Gasteiger partial charge is 0.493 e. The first kappa shape index (κ1) is 14.9. The van der Waals surface area contributed by atoms with Crippen LogP contribution in [-0.2, 0) is 11.2 Å². The summed E-state index contributed by atoms with van der Waals surface area (Å²) in [6.45, 7) is 0.463. The van der Waals surface area contributed by atoms with Gasteiger partial charge < -0.3 is 14.8 Å². The van der Waals surface area contributed by atoms with Gasteiger partial charge in [-0.3, -0.25) is 4.79 Å². The van der Waals surface area contributed by atoms with E-state index in [-0.39, 0.29) is 5.91 Å². The van der Waals surface area contributed by atoms with Crippen molar-refractivity contribution in [3.63, 3.8) is 0 Å². The van der Waals surface area contributed by atoms with E-state index >= 15 is 0 Å². The van der Waals surface area contributed by atoms with Crippen LogP contribution in [0.25, 0.3) is 0 Å². The highest BCUT2D eigenvalue weighted by molar-refractivity contribution is 6.53. The van der Waals surface area contributed by atoms with Crippen molar-refractivity contribution < 1.29 is 14.3 Å². The lowest BCUT2D eigenvalue weighted by Crippen LogP contribution is -2.30. The number of hydrogen-bond acceptors (Lipinski definition) is 3. The number of nitrogens with one attached hydrogen (secondary N) is 1. The molecule has 0 aliphatic carbocycles. The summed E-state index contributed by atoms with van der Waals surface area (Å²) >= 11 is 10.8. The van der Waals surface area contributed by atoms with Gasteiger partial charge in [0.15, 0.2) is 16.3 Å². The van der Waals surface area contributed by atoms with E-state index < -0.39 is 4.84 Å². The molecule has 18 heavy (non-hydrogen) atoms. The molecule has 0 radical (unpaired) electrons. The Morgan fingerprint density at radius 3 is 2.50 bits per heavy atom. The second-order valence-electron chi connectivity index (χ2n) is 3.53. The normalized spacial score (nSPS) is 10.3. The van der Waals surface area contributed by atoms with Crippen LogP contribution in [0.1, 0.15) is 5.56 Å². The SMILES string of the molecule is COc1ccc(CCNC(=O)C(Cl)Cl)cc1OC. The highest BCUT2D eigenvalue weighted by Gasteiger charge is 2.10. The van der Waals surface area contributed by atoms with Gasteiger partial charge in [0.1, 0.15) is 0 Å². The zero-order valence-corrected chi connectivity index (χ0v) is 11.7. The van der Waals surface area contributed by atoms with Crippen molar-refractivity contribution in [2.75, 3.05) is 20.8 Å². The van der Waals surface area contributed by atoms with E-state index in [1.807, 2.05) is 18.2 Å². The molecule has 0 saturated carbocycles. The van der Waals surface area contributed by atoms with Crippen LogP contribution in [0.5, 0.6) is 11.5 Å². The van der Waals surface area contributed by atoms with Crippen LogP contribution in [-0.4, -0.2) is 31.5 Å². The van der Waals surface area contributed by atoms with Crippen LogP contribution in [0.2, 0.25) is 0 Å². The van der Waals surface area contributed by atoms with Gasteiger partial charge in [-0.05, 0) is 24.1 Å².